The monoisotopic (exact) mass is 219 g/mol. The van der Waals surface area contributed by atoms with E-state index in [0.717, 1.165) is 47.0 Å². The molecule has 1 heterocycles. The van der Waals surface area contributed by atoms with E-state index in [9.17, 15) is 9.50 Å². The van der Waals surface area contributed by atoms with Gasteiger partial charge in [-0.25, -0.2) is 4.39 Å². The van der Waals surface area contributed by atoms with Gasteiger partial charge in [0.2, 0.25) is 0 Å². The van der Waals surface area contributed by atoms with Gasteiger partial charge in [0.1, 0.15) is 5.82 Å². The van der Waals surface area contributed by atoms with Crippen LogP contribution >= 0.6 is 0 Å². The second-order valence-corrected chi connectivity index (χ2v) is 4.57. The van der Waals surface area contributed by atoms with Crippen molar-refractivity contribution in [3.8, 4) is 0 Å². The van der Waals surface area contributed by atoms with Gasteiger partial charge in [-0.15, -0.1) is 0 Å². The van der Waals surface area contributed by atoms with E-state index in [-0.39, 0.29) is 5.82 Å². The predicted octanol–water partition coefficient (Wildman–Crippen LogP) is 2.99. The number of rotatable bonds is 0. The van der Waals surface area contributed by atoms with E-state index in [0.29, 0.717) is 0 Å². The molecule has 84 valence electrons. The van der Waals surface area contributed by atoms with E-state index < -0.39 is 6.10 Å². The number of nitrogens with one attached hydrogen (secondary N) is 1. The lowest BCUT2D eigenvalue weighted by Gasteiger charge is -2.17. The standard InChI is InChI=1S/C13H14FNO/c1-7-5-8(14)6-9-12-10(15-13(7)9)3-2-4-11(12)16/h5-6,11,15-16H,2-4H2,1H3. The number of halogens is 1. The number of aliphatic hydroxyl groups excluding tert-OH is 1. The average Bonchev–Trinajstić information content (AvgIpc) is 2.58. The minimum absolute atomic E-state index is 0.232. The summed E-state index contributed by atoms with van der Waals surface area (Å²) in [6, 6.07) is 3.04. The normalized spacial score (nSPS) is 20.1. The zero-order valence-corrected chi connectivity index (χ0v) is 9.18. The largest absolute Gasteiger partial charge is 0.388 e. The number of aliphatic hydroxyl groups is 1. The van der Waals surface area contributed by atoms with Gasteiger partial charge in [-0.3, -0.25) is 0 Å². The summed E-state index contributed by atoms with van der Waals surface area (Å²) in [5.41, 5.74) is 3.84. The van der Waals surface area contributed by atoms with Crippen molar-refractivity contribution in [1.29, 1.82) is 0 Å². The lowest BCUT2D eigenvalue weighted by molar-refractivity contribution is 0.158. The molecule has 0 bridgehead atoms. The Hall–Kier alpha value is -1.35. The fourth-order valence-corrected chi connectivity index (χ4v) is 2.70. The molecule has 2 N–H and O–H groups in total. The molecule has 16 heavy (non-hydrogen) atoms. The number of aromatic nitrogens is 1. The maximum atomic E-state index is 13.4. The average molecular weight is 219 g/mol. The van der Waals surface area contributed by atoms with Crippen LogP contribution in [-0.4, -0.2) is 10.1 Å². The molecule has 0 aliphatic heterocycles. The van der Waals surface area contributed by atoms with Gasteiger partial charge in [0.25, 0.3) is 0 Å². The first-order valence-electron chi connectivity index (χ1n) is 5.65. The SMILES string of the molecule is Cc1cc(F)cc2c3c([nH]c12)CCCC3O. The lowest BCUT2D eigenvalue weighted by atomic mass is 9.92. The van der Waals surface area contributed by atoms with Crippen molar-refractivity contribution in [3.63, 3.8) is 0 Å². The number of aryl methyl sites for hydroxylation is 2. The number of H-pyrrole nitrogens is 1. The van der Waals surface area contributed by atoms with E-state index in [1.54, 1.807) is 0 Å². The molecule has 1 atom stereocenters. The first kappa shape index (κ1) is 9.85. The summed E-state index contributed by atoms with van der Waals surface area (Å²) in [4.78, 5) is 3.32. The Morgan fingerprint density at radius 1 is 1.44 bits per heavy atom. The molecule has 3 heteroatoms. The van der Waals surface area contributed by atoms with Gasteiger partial charge in [0.05, 0.1) is 6.10 Å². The zero-order chi connectivity index (χ0) is 11.3. The highest BCUT2D eigenvalue weighted by atomic mass is 19.1. The highest BCUT2D eigenvalue weighted by Gasteiger charge is 2.23. The Kier molecular flexibility index (Phi) is 2.04. The zero-order valence-electron chi connectivity index (χ0n) is 9.18. The third-order valence-electron chi connectivity index (χ3n) is 3.43. The summed E-state index contributed by atoms with van der Waals surface area (Å²) >= 11 is 0. The predicted molar refractivity (Wildman–Crippen MR) is 60.9 cm³/mol. The van der Waals surface area contributed by atoms with E-state index in [4.69, 9.17) is 0 Å². The maximum Gasteiger partial charge on any atom is 0.124 e. The fourth-order valence-electron chi connectivity index (χ4n) is 2.70. The topological polar surface area (TPSA) is 36.0 Å². The molecule has 0 saturated carbocycles. The highest BCUT2D eigenvalue weighted by molar-refractivity contribution is 5.88. The highest BCUT2D eigenvalue weighted by Crippen LogP contribution is 2.36. The van der Waals surface area contributed by atoms with E-state index in [2.05, 4.69) is 4.98 Å². The molecule has 0 spiro atoms. The van der Waals surface area contributed by atoms with Crippen LogP contribution in [0.4, 0.5) is 4.39 Å². The number of aromatic amines is 1. The Bertz CT molecular complexity index is 559. The van der Waals surface area contributed by atoms with Crippen molar-refractivity contribution in [2.75, 3.05) is 0 Å². The maximum absolute atomic E-state index is 13.4. The van der Waals surface area contributed by atoms with Gasteiger partial charge >= 0.3 is 0 Å². The number of hydrogen-bond donors (Lipinski definition) is 2. The molecule has 2 aromatic rings. The van der Waals surface area contributed by atoms with E-state index in [1.165, 1.54) is 12.1 Å². The van der Waals surface area contributed by atoms with Crippen LogP contribution in [0.2, 0.25) is 0 Å². The third-order valence-corrected chi connectivity index (χ3v) is 3.43. The molecule has 2 nitrogen and oxygen atoms in total. The van der Waals surface area contributed by atoms with Gasteiger partial charge < -0.3 is 10.1 Å². The van der Waals surface area contributed by atoms with Gasteiger partial charge in [-0.05, 0) is 43.9 Å². The van der Waals surface area contributed by atoms with Crippen LogP contribution in [0.25, 0.3) is 10.9 Å². The van der Waals surface area contributed by atoms with Gasteiger partial charge in [0.15, 0.2) is 0 Å². The molecule has 0 saturated heterocycles. The Labute approximate surface area is 93.1 Å². The van der Waals surface area contributed by atoms with Crippen molar-refractivity contribution in [3.05, 3.63) is 34.8 Å². The molecule has 1 aliphatic rings. The quantitative estimate of drug-likeness (QED) is 0.702. The Balaban J connectivity index is 2.38. The molecule has 0 radical (unpaired) electrons. The summed E-state index contributed by atoms with van der Waals surface area (Å²) in [5.74, 6) is -0.232. The molecule has 1 aliphatic carbocycles. The van der Waals surface area contributed by atoms with Gasteiger partial charge in [-0.1, -0.05) is 0 Å². The van der Waals surface area contributed by atoms with Crippen molar-refractivity contribution >= 4 is 10.9 Å². The molecule has 1 aromatic carbocycles. The lowest BCUT2D eigenvalue weighted by Crippen LogP contribution is -2.07. The summed E-state index contributed by atoms with van der Waals surface area (Å²) in [5, 5.41) is 10.8. The van der Waals surface area contributed by atoms with Crippen LogP contribution in [0.1, 0.15) is 35.8 Å². The van der Waals surface area contributed by atoms with Crippen molar-refractivity contribution in [2.24, 2.45) is 0 Å². The third kappa shape index (κ3) is 1.28. The van der Waals surface area contributed by atoms with Crippen LogP contribution in [0.5, 0.6) is 0 Å². The number of hydrogen-bond acceptors (Lipinski definition) is 1. The Morgan fingerprint density at radius 3 is 3.06 bits per heavy atom. The minimum atomic E-state index is -0.446. The van der Waals surface area contributed by atoms with Gasteiger partial charge in [-0.2, -0.15) is 0 Å². The first-order valence-corrected chi connectivity index (χ1v) is 5.65. The van der Waals surface area contributed by atoms with Crippen molar-refractivity contribution < 1.29 is 9.50 Å². The second kappa shape index (κ2) is 3.32. The van der Waals surface area contributed by atoms with Crippen LogP contribution < -0.4 is 0 Å². The molecule has 3 rings (SSSR count). The van der Waals surface area contributed by atoms with Crippen LogP contribution in [0, 0.1) is 12.7 Å². The molecule has 1 unspecified atom stereocenters. The molecular weight excluding hydrogens is 205 g/mol. The van der Waals surface area contributed by atoms with E-state index in [1.807, 2.05) is 6.92 Å². The summed E-state index contributed by atoms with van der Waals surface area (Å²) in [6.45, 7) is 1.89. The fraction of sp³-hybridized carbons (Fsp3) is 0.385. The summed E-state index contributed by atoms with van der Waals surface area (Å²) in [6.07, 6.45) is 2.26. The van der Waals surface area contributed by atoms with Crippen LogP contribution in [0.15, 0.2) is 12.1 Å². The molecular formula is C13H14FNO. The minimum Gasteiger partial charge on any atom is -0.388 e. The summed E-state index contributed by atoms with van der Waals surface area (Å²) in [7, 11) is 0. The molecule has 0 fully saturated rings. The van der Waals surface area contributed by atoms with Crippen molar-refractivity contribution in [2.45, 2.75) is 32.3 Å². The van der Waals surface area contributed by atoms with Gasteiger partial charge in [0, 0.05) is 22.2 Å². The van der Waals surface area contributed by atoms with Crippen molar-refractivity contribution in [1.82, 2.24) is 4.98 Å². The Morgan fingerprint density at radius 2 is 2.25 bits per heavy atom. The smallest absolute Gasteiger partial charge is 0.124 e. The number of fused-ring (bicyclic) bond motifs is 3. The first-order chi connectivity index (χ1) is 7.66. The molecule has 1 aromatic heterocycles. The molecule has 0 amide bonds. The second-order valence-electron chi connectivity index (χ2n) is 4.57. The van der Waals surface area contributed by atoms with E-state index >= 15 is 0 Å². The summed E-state index contributed by atoms with van der Waals surface area (Å²) < 4.78 is 13.4. The van der Waals surface area contributed by atoms with Crippen LogP contribution in [0.3, 0.4) is 0 Å². The number of benzene rings is 1. The van der Waals surface area contributed by atoms with Crippen LogP contribution in [-0.2, 0) is 6.42 Å².